The fourth-order valence-corrected chi connectivity index (χ4v) is 13.6. The molecule has 1 aliphatic heterocycles. The minimum atomic E-state index is -0.490. The Balaban J connectivity index is 0.000000119. The van der Waals surface area contributed by atoms with Gasteiger partial charge in [-0.2, -0.15) is 9.97 Å². The van der Waals surface area contributed by atoms with Crippen molar-refractivity contribution in [2.45, 2.75) is 38.9 Å². The van der Waals surface area contributed by atoms with E-state index in [1.165, 1.54) is 0 Å². The molecule has 0 atom stereocenters. The summed E-state index contributed by atoms with van der Waals surface area (Å²) in [6.07, 6.45) is 0. The lowest BCUT2D eigenvalue weighted by molar-refractivity contribution is 0.00578. The summed E-state index contributed by atoms with van der Waals surface area (Å²) in [5.74, 6) is 3.04. The van der Waals surface area contributed by atoms with Crippen LogP contribution in [0.5, 0.6) is 0 Å². The first-order valence-electron chi connectivity index (χ1n) is 32.6. The summed E-state index contributed by atoms with van der Waals surface area (Å²) in [7, 11) is -0.490. The van der Waals surface area contributed by atoms with Gasteiger partial charge in [-0.05, 0) is 105 Å². The van der Waals surface area contributed by atoms with Gasteiger partial charge in [-0.25, -0.2) is 19.9 Å². The minimum Gasteiger partial charge on any atom is -0.454 e. The highest BCUT2D eigenvalue weighted by Gasteiger charge is 2.52. The number of rotatable bonds is 8. The van der Waals surface area contributed by atoms with E-state index in [1.54, 1.807) is 0 Å². The molecule has 0 N–H and O–H groups in total. The molecule has 18 aromatic rings. The molecule has 0 bridgehead atoms. The third kappa shape index (κ3) is 10.5. The first-order chi connectivity index (χ1) is 48.0. The zero-order valence-corrected chi connectivity index (χ0v) is 54.6. The molecule has 7 heterocycles. The van der Waals surface area contributed by atoms with Crippen LogP contribution in [0.4, 0.5) is 0 Å². The van der Waals surface area contributed by atoms with E-state index >= 15 is 0 Å². The van der Waals surface area contributed by atoms with E-state index in [2.05, 4.69) is 185 Å². The second kappa shape index (κ2) is 24.4. The van der Waals surface area contributed by atoms with Crippen LogP contribution in [-0.2, 0) is 9.31 Å². The van der Waals surface area contributed by atoms with Crippen molar-refractivity contribution in [1.29, 1.82) is 0 Å². The standard InChI is InChI=1S/C39H24N4O.C30H26BNO3.C15H10ClN3/c1-4-14-25(15-5-1)37-40-38(26-16-6-2-7-17-26)42-39(41-37)31-24-30-28-20-11-13-23-33(28)44-36(30)35-34(31)29-21-10-12-22-32(29)43(35)27-18-8-3-9-19-27;1-29(2)30(3,4)35-31(34-29)23-18-22-20-14-9-11-17-25(20)33-28(22)27-26(23)21-15-8-10-16-24(21)32(27)19-12-6-5-7-13-19;16-15-18-13(11-7-3-1-4-8-11)17-14(19-15)12-9-5-2-6-10-12/h1-24H;5-18H,1-4H3;1-10H. The van der Waals surface area contributed by atoms with Gasteiger partial charge in [0, 0.05) is 82.3 Å². The molecule has 0 saturated carbocycles. The van der Waals surface area contributed by atoms with Crippen LogP contribution >= 0.6 is 11.6 Å². The lowest BCUT2D eigenvalue weighted by Crippen LogP contribution is -2.41. The maximum Gasteiger partial charge on any atom is 0.495 e. The first-order valence-corrected chi connectivity index (χ1v) is 33.0. The molecule has 98 heavy (non-hydrogen) atoms. The highest BCUT2D eigenvalue weighted by Crippen LogP contribution is 2.47. The predicted molar refractivity (Wildman–Crippen MR) is 397 cm³/mol. The van der Waals surface area contributed by atoms with Gasteiger partial charge < -0.3 is 27.3 Å². The van der Waals surface area contributed by atoms with Crippen LogP contribution in [0.1, 0.15) is 27.7 Å². The van der Waals surface area contributed by atoms with Gasteiger partial charge >= 0.3 is 7.12 Å². The Morgan fingerprint density at radius 1 is 0.327 bits per heavy atom. The molecule has 14 heteroatoms. The van der Waals surface area contributed by atoms with E-state index in [9.17, 15) is 0 Å². The fraction of sp³-hybridized carbons (Fsp3) is 0.0714. The fourth-order valence-electron chi connectivity index (χ4n) is 13.4. The Morgan fingerprint density at radius 3 is 1.08 bits per heavy atom. The predicted octanol–water partition coefficient (Wildman–Crippen LogP) is 20.7. The van der Waals surface area contributed by atoms with Crippen molar-refractivity contribution in [2.24, 2.45) is 0 Å². The van der Waals surface area contributed by atoms with Crippen LogP contribution in [0.15, 0.2) is 300 Å². The highest BCUT2D eigenvalue weighted by molar-refractivity contribution is 6.67. The molecule has 1 fully saturated rings. The quantitative estimate of drug-likeness (QED) is 0.135. The minimum absolute atomic E-state index is 0.202. The van der Waals surface area contributed by atoms with Crippen molar-refractivity contribution in [3.05, 3.63) is 296 Å². The van der Waals surface area contributed by atoms with Gasteiger partial charge in [0.1, 0.15) is 11.2 Å². The Bertz CT molecular complexity index is 5890. The van der Waals surface area contributed by atoms with Gasteiger partial charge in [0.25, 0.3) is 0 Å². The number of para-hydroxylation sites is 6. The molecule has 1 aliphatic rings. The number of hydrogen-bond donors (Lipinski definition) is 0. The maximum atomic E-state index is 6.66. The summed E-state index contributed by atoms with van der Waals surface area (Å²) in [6, 6.07) is 98.5. The summed E-state index contributed by atoms with van der Waals surface area (Å²) in [6.45, 7) is 8.40. The van der Waals surface area contributed by atoms with Gasteiger partial charge in [-0.1, -0.05) is 231 Å². The lowest BCUT2D eigenvalue weighted by atomic mass is 9.75. The average molecular weight is 1290 g/mol. The van der Waals surface area contributed by atoms with Crippen LogP contribution in [0.2, 0.25) is 5.28 Å². The first kappa shape index (κ1) is 59.8. The number of nitrogens with zero attached hydrogens (tertiary/aromatic N) is 8. The lowest BCUT2D eigenvalue weighted by Gasteiger charge is -2.32. The van der Waals surface area contributed by atoms with Crippen molar-refractivity contribution in [1.82, 2.24) is 39.0 Å². The van der Waals surface area contributed by atoms with E-state index in [0.29, 0.717) is 29.1 Å². The van der Waals surface area contributed by atoms with Crippen molar-refractivity contribution >= 4 is 112 Å². The Kier molecular flexibility index (Phi) is 14.9. The third-order valence-corrected chi connectivity index (χ3v) is 18.9. The topological polar surface area (TPSA) is 132 Å². The molecule has 0 radical (unpaired) electrons. The summed E-state index contributed by atoms with van der Waals surface area (Å²) >= 11 is 5.99. The molecule has 12 aromatic carbocycles. The highest BCUT2D eigenvalue weighted by atomic mass is 35.5. The molecule has 0 spiro atoms. The SMILES string of the molecule is CC1(C)OB(c2cc3c4ccccc4oc3c3c2c2ccccc2n3-c2ccccc2)OC1(C)C.Clc1nc(-c2ccccc2)nc(-c2ccccc2)n1.c1ccc(-c2nc(-c3ccccc3)nc(-c3cc4c5ccccc5oc4c4c3c3ccccc3n4-c3ccccc3)n2)cc1. The van der Waals surface area contributed by atoms with Crippen molar-refractivity contribution in [3.8, 4) is 68.3 Å². The van der Waals surface area contributed by atoms with Gasteiger partial charge in [0.2, 0.25) is 5.28 Å². The Labute approximate surface area is 569 Å². The van der Waals surface area contributed by atoms with Gasteiger partial charge in [0.15, 0.2) is 40.3 Å². The zero-order chi connectivity index (χ0) is 66.1. The monoisotopic (exact) mass is 1290 g/mol. The zero-order valence-electron chi connectivity index (χ0n) is 53.9. The van der Waals surface area contributed by atoms with Crippen LogP contribution in [0.25, 0.3) is 156 Å². The molecule has 12 nitrogen and oxygen atoms in total. The summed E-state index contributed by atoms with van der Waals surface area (Å²) in [4.78, 5) is 28.1. The summed E-state index contributed by atoms with van der Waals surface area (Å²) in [5.41, 5.74) is 14.6. The molecule has 0 aliphatic carbocycles. The van der Waals surface area contributed by atoms with E-state index in [4.69, 9.17) is 44.7 Å². The second-order valence-corrected chi connectivity index (χ2v) is 25.6. The average Bonchev–Trinajstić information content (AvgIpc) is 1.57. The van der Waals surface area contributed by atoms with Crippen LogP contribution in [0.3, 0.4) is 0 Å². The number of furan rings is 2. The van der Waals surface area contributed by atoms with Gasteiger partial charge in [-0.15, -0.1) is 0 Å². The number of halogens is 1. The van der Waals surface area contributed by atoms with Crippen molar-refractivity contribution in [2.75, 3.05) is 0 Å². The molecule has 6 aromatic heterocycles. The van der Waals surface area contributed by atoms with E-state index < -0.39 is 18.3 Å². The summed E-state index contributed by atoms with van der Waals surface area (Å²) < 4.78 is 31.0. The smallest absolute Gasteiger partial charge is 0.454 e. The van der Waals surface area contributed by atoms with E-state index in [-0.39, 0.29) is 5.28 Å². The third-order valence-electron chi connectivity index (χ3n) is 18.7. The van der Waals surface area contributed by atoms with Crippen molar-refractivity contribution < 1.29 is 18.1 Å². The molecule has 1 saturated heterocycles. The normalized spacial score (nSPS) is 13.4. The molecule has 0 amide bonds. The molecule has 470 valence electrons. The molecular formula is C84H60BClN8O4. The van der Waals surface area contributed by atoms with Crippen LogP contribution in [0, 0.1) is 0 Å². The Morgan fingerprint density at radius 2 is 0.653 bits per heavy atom. The van der Waals surface area contributed by atoms with E-state index in [0.717, 1.165) is 132 Å². The van der Waals surface area contributed by atoms with Gasteiger partial charge in [-0.3, -0.25) is 0 Å². The summed E-state index contributed by atoms with van der Waals surface area (Å²) in [5, 5.41) is 8.83. The van der Waals surface area contributed by atoms with Crippen LogP contribution in [-0.4, -0.2) is 57.4 Å². The largest absolute Gasteiger partial charge is 0.495 e. The number of aromatic nitrogens is 8. The van der Waals surface area contributed by atoms with Crippen molar-refractivity contribution in [3.63, 3.8) is 0 Å². The molecular weight excluding hydrogens is 1230 g/mol. The van der Waals surface area contributed by atoms with E-state index in [1.807, 2.05) is 158 Å². The second-order valence-electron chi connectivity index (χ2n) is 25.3. The maximum absolute atomic E-state index is 6.66. The Hall–Kier alpha value is -11.9. The van der Waals surface area contributed by atoms with Crippen LogP contribution < -0.4 is 5.46 Å². The molecule has 19 rings (SSSR count). The number of benzene rings is 12. The van der Waals surface area contributed by atoms with Gasteiger partial charge in [0.05, 0.1) is 33.3 Å². The number of fused-ring (bicyclic) bond motifs is 14. The molecule has 0 unspecified atom stereocenters. The number of hydrogen-bond acceptors (Lipinski definition) is 10.